The largest absolute Gasteiger partial charge is 0.490 e. The first-order chi connectivity index (χ1) is 11.5. The van der Waals surface area contributed by atoms with Crippen molar-refractivity contribution in [3.63, 3.8) is 0 Å². The van der Waals surface area contributed by atoms with Gasteiger partial charge in [-0.15, -0.1) is 22.0 Å². The average molecular weight is 368 g/mol. The van der Waals surface area contributed by atoms with Gasteiger partial charge in [-0.2, -0.15) is 0 Å². The third-order valence-electron chi connectivity index (χ3n) is 2.96. The summed E-state index contributed by atoms with van der Waals surface area (Å²) in [5.41, 5.74) is 0.672. The molecule has 0 aliphatic rings. The second kappa shape index (κ2) is 8.60. The maximum atomic E-state index is 11.9. The highest BCUT2D eigenvalue weighted by Gasteiger charge is 2.15. The number of anilines is 1. The maximum absolute atomic E-state index is 11.9. The number of methoxy groups -OCH3 is 1. The molecule has 0 bridgehead atoms. The van der Waals surface area contributed by atoms with Crippen LogP contribution in [-0.2, 0) is 17.0 Å². The quantitative estimate of drug-likeness (QED) is 0.564. The molecule has 10 heteroatoms. The first kappa shape index (κ1) is 18.1. The maximum Gasteiger partial charge on any atom is 0.311 e. The number of carbonyl (C=O) groups excluding carboxylic acids is 1. The number of aromatic nitrogens is 2. The molecule has 0 saturated heterocycles. The number of nitrogens with zero attached hydrogens (tertiary/aromatic N) is 3. The molecule has 0 aliphatic carbocycles. The van der Waals surface area contributed by atoms with E-state index in [2.05, 4.69) is 15.5 Å². The molecule has 0 atom stereocenters. The summed E-state index contributed by atoms with van der Waals surface area (Å²) in [4.78, 5) is 22.4. The van der Waals surface area contributed by atoms with Gasteiger partial charge in [-0.3, -0.25) is 20.2 Å². The van der Waals surface area contributed by atoms with E-state index in [1.54, 1.807) is 12.1 Å². The van der Waals surface area contributed by atoms with Gasteiger partial charge in [0, 0.05) is 11.8 Å². The molecule has 0 saturated carbocycles. The molecule has 0 unspecified atom stereocenters. The number of amides is 1. The van der Waals surface area contributed by atoms with Crippen molar-refractivity contribution >= 4 is 39.8 Å². The van der Waals surface area contributed by atoms with Crippen molar-refractivity contribution in [3.8, 4) is 5.75 Å². The Morgan fingerprint density at radius 3 is 2.88 bits per heavy atom. The van der Waals surface area contributed by atoms with E-state index in [9.17, 15) is 14.9 Å². The fraction of sp³-hybridized carbons (Fsp3) is 0.357. The summed E-state index contributed by atoms with van der Waals surface area (Å²) >= 11 is 2.71. The number of hydrogen-bond donors (Lipinski definition) is 1. The number of thioether (sulfide) groups is 1. The van der Waals surface area contributed by atoms with Crippen molar-refractivity contribution in [2.75, 3.05) is 18.2 Å². The van der Waals surface area contributed by atoms with Crippen LogP contribution in [0.25, 0.3) is 0 Å². The van der Waals surface area contributed by atoms with Crippen LogP contribution in [0.1, 0.15) is 17.5 Å². The van der Waals surface area contributed by atoms with Crippen LogP contribution in [-0.4, -0.2) is 33.9 Å². The van der Waals surface area contributed by atoms with Gasteiger partial charge in [0.25, 0.3) is 0 Å². The van der Waals surface area contributed by atoms with Crippen molar-refractivity contribution in [1.82, 2.24) is 10.2 Å². The highest BCUT2D eigenvalue weighted by molar-refractivity contribution is 7.99. The van der Waals surface area contributed by atoms with Gasteiger partial charge in [-0.1, -0.05) is 24.3 Å². The Morgan fingerprint density at radius 1 is 1.46 bits per heavy atom. The van der Waals surface area contributed by atoms with Crippen LogP contribution in [0, 0.1) is 10.1 Å². The first-order valence-corrected chi connectivity index (χ1v) is 9.02. The van der Waals surface area contributed by atoms with E-state index in [1.807, 2.05) is 6.92 Å². The Morgan fingerprint density at radius 2 is 2.25 bits per heavy atom. The van der Waals surface area contributed by atoms with E-state index in [1.165, 1.54) is 36.3 Å². The minimum Gasteiger partial charge on any atom is -0.490 e. The lowest BCUT2D eigenvalue weighted by Gasteiger charge is -2.05. The Hall–Kier alpha value is -2.20. The molecule has 24 heavy (non-hydrogen) atoms. The summed E-state index contributed by atoms with van der Waals surface area (Å²) in [5.74, 6) is 0.742. The molecule has 2 aromatic rings. The molecule has 1 N–H and O–H groups in total. The van der Waals surface area contributed by atoms with Crippen molar-refractivity contribution in [3.05, 3.63) is 38.9 Å². The third kappa shape index (κ3) is 4.90. The summed E-state index contributed by atoms with van der Waals surface area (Å²) in [5, 5.41) is 22.8. The van der Waals surface area contributed by atoms with Gasteiger partial charge < -0.3 is 4.74 Å². The van der Waals surface area contributed by atoms with E-state index in [4.69, 9.17) is 4.74 Å². The lowest BCUT2D eigenvalue weighted by molar-refractivity contribution is -0.385. The molecule has 1 aromatic carbocycles. The van der Waals surface area contributed by atoms with Gasteiger partial charge in [0.15, 0.2) is 5.75 Å². The second-order valence-electron chi connectivity index (χ2n) is 4.66. The van der Waals surface area contributed by atoms with Crippen molar-refractivity contribution < 1.29 is 14.5 Å². The highest BCUT2D eigenvalue weighted by Crippen LogP contribution is 2.29. The zero-order valence-corrected chi connectivity index (χ0v) is 14.8. The number of benzene rings is 1. The van der Waals surface area contributed by atoms with Crippen molar-refractivity contribution in [2.24, 2.45) is 0 Å². The molecule has 2 rings (SSSR count). The molecule has 128 valence electrons. The fourth-order valence-electron chi connectivity index (χ4n) is 1.83. The smallest absolute Gasteiger partial charge is 0.311 e. The lowest BCUT2D eigenvalue weighted by atomic mass is 10.2. The molecule has 8 nitrogen and oxygen atoms in total. The number of ether oxygens (including phenoxy) is 1. The van der Waals surface area contributed by atoms with Crippen LogP contribution in [0.5, 0.6) is 5.75 Å². The van der Waals surface area contributed by atoms with Gasteiger partial charge in [0.1, 0.15) is 5.01 Å². The average Bonchev–Trinajstić information content (AvgIpc) is 3.02. The van der Waals surface area contributed by atoms with E-state index < -0.39 is 4.92 Å². The van der Waals surface area contributed by atoms with Gasteiger partial charge in [0.2, 0.25) is 11.0 Å². The molecule has 1 amide bonds. The molecule has 1 heterocycles. The van der Waals surface area contributed by atoms with Crippen LogP contribution >= 0.6 is 23.1 Å². The van der Waals surface area contributed by atoms with Crippen LogP contribution in [0.2, 0.25) is 0 Å². The van der Waals surface area contributed by atoms with E-state index in [0.717, 1.165) is 17.0 Å². The number of nitro groups is 1. The first-order valence-electron chi connectivity index (χ1n) is 7.04. The van der Waals surface area contributed by atoms with Crippen LogP contribution < -0.4 is 10.1 Å². The zero-order chi connectivity index (χ0) is 17.5. The summed E-state index contributed by atoms with van der Waals surface area (Å²) in [6, 6.07) is 4.76. The Bertz CT molecular complexity index is 735. The molecule has 0 spiro atoms. The Kier molecular flexibility index (Phi) is 6.50. The molecule has 0 aliphatic heterocycles. The van der Waals surface area contributed by atoms with E-state index >= 15 is 0 Å². The van der Waals surface area contributed by atoms with Crippen LogP contribution in [0.4, 0.5) is 10.8 Å². The molecule has 1 aromatic heterocycles. The van der Waals surface area contributed by atoms with E-state index in [-0.39, 0.29) is 23.1 Å². The fourth-order valence-corrected chi connectivity index (χ4v) is 3.30. The predicted octanol–water partition coefficient (Wildman–Crippen LogP) is 2.89. The van der Waals surface area contributed by atoms with Crippen molar-refractivity contribution in [2.45, 2.75) is 19.1 Å². The number of carbonyl (C=O) groups is 1. The zero-order valence-electron chi connectivity index (χ0n) is 13.1. The third-order valence-corrected chi connectivity index (χ3v) is 4.94. The van der Waals surface area contributed by atoms with Crippen molar-refractivity contribution in [1.29, 1.82) is 0 Å². The minimum atomic E-state index is -0.486. The number of rotatable bonds is 8. The summed E-state index contributed by atoms with van der Waals surface area (Å²) in [7, 11) is 1.39. The lowest BCUT2D eigenvalue weighted by Crippen LogP contribution is -2.14. The predicted molar refractivity (Wildman–Crippen MR) is 93.7 cm³/mol. The molecular formula is C14H16N4O4S2. The second-order valence-corrected chi connectivity index (χ2v) is 6.71. The van der Waals surface area contributed by atoms with Gasteiger partial charge in [-0.05, 0) is 18.1 Å². The van der Waals surface area contributed by atoms with Gasteiger partial charge >= 0.3 is 5.69 Å². The number of nitro benzene ring substituents is 1. The Balaban J connectivity index is 1.86. The monoisotopic (exact) mass is 368 g/mol. The number of nitrogens with one attached hydrogen (secondary N) is 1. The van der Waals surface area contributed by atoms with Crippen LogP contribution in [0.15, 0.2) is 18.2 Å². The number of aryl methyl sites for hydroxylation is 1. The van der Waals surface area contributed by atoms with Crippen LogP contribution in [0.3, 0.4) is 0 Å². The summed E-state index contributed by atoms with van der Waals surface area (Å²) < 4.78 is 4.96. The number of hydrogen-bond acceptors (Lipinski definition) is 8. The summed E-state index contributed by atoms with van der Waals surface area (Å²) in [6.07, 6.45) is 0.776. The van der Waals surface area contributed by atoms with Gasteiger partial charge in [-0.25, -0.2) is 0 Å². The summed E-state index contributed by atoms with van der Waals surface area (Å²) in [6.45, 7) is 1.97. The molecule has 0 radical (unpaired) electrons. The molecule has 0 fully saturated rings. The highest BCUT2D eigenvalue weighted by atomic mass is 32.2. The van der Waals surface area contributed by atoms with Gasteiger partial charge in [0.05, 0.1) is 17.8 Å². The Labute approximate surface area is 146 Å². The minimum absolute atomic E-state index is 0.0824. The standard InChI is InChI=1S/C14H16N4O4S2/c1-3-13-16-17-14(24-13)15-12(19)8-23-7-9-4-5-11(22-2)10(6-9)18(20)21/h4-6H,3,7-8H2,1-2H3,(H,15,17,19). The molecular weight excluding hydrogens is 352 g/mol. The normalized spacial score (nSPS) is 10.4. The topological polar surface area (TPSA) is 107 Å². The SMILES string of the molecule is CCc1nnc(NC(=O)CSCc2ccc(OC)c([N+](=O)[O-])c2)s1. The van der Waals surface area contributed by atoms with E-state index in [0.29, 0.717) is 10.9 Å².